The summed E-state index contributed by atoms with van der Waals surface area (Å²) >= 11 is 5.62. The van der Waals surface area contributed by atoms with Gasteiger partial charge in [-0.15, -0.1) is 0 Å². The molecule has 2 rings (SSSR count). The van der Waals surface area contributed by atoms with Gasteiger partial charge >= 0.3 is 0 Å². The fourth-order valence-electron chi connectivity index (χ4n) is 1.51. The molecular formula is C9H9ClF2N2O. The van der Waals surface area contributed by atoms with Crippen LogP contribution in [0.1, 0.15) is 12.0 Å². The molecule has 15 heavy (non-hydrogen) atoms. The van der Waals surface area contributed by atoms with Crippen molar-refractivity contribution < 1.29 is 13.5 Å². The van der Waals surface area contributed by atoms with E-state index in [4.69, 9.17) is 22.1 Å². The number of methoxy groups -OCH3 is 1. The smallest absolute Gasteiger partial charge is 0.272 e. The van der Waals surface area contributed by atoms with E-state index in [0.29, 0.717) is 0 Å². The van der Waals surface area contributed by atoms with Crippen molar-refractivity contribution in [1.29, 1.82) is 0 Å². The second kappa shape index (κ2) is 3.02. The van der Waals surface area contributed by atoms with Crippen molar-refractivity contribution in [2.24, 2.45) is 5.73 Å². The Kier molecular flexibility index (Phi) is 2.13. The van der Waals surface area contributed by atoms with E-state index >= 15 is 0 Å². The van der Waals surface area contributed by atoms with Gasteiger partial charge in [-0.05, 0) is 12.1 Å². The molecule has 3 nitrogen and oxygen atoms in total. The molecule has 1 aromatic rings. The quantitative estimate of drug-likeness (QED) is 0.796. The third kappa shape index (κ3) is 1.46. The molecule has 1 aliphatic carbocycles. The molecule has 1 aliphatic rings. The number of rotatable bonds is 2. The Morgan fingerprint density at radius 1 is 1.53 bits per heavy atom. The van der Waals surface area contributed by atoms with E-state index in [-0.39, 0.29) is 23.0 Å². The maximum absolute atomic E-state index is 13.0. The van der Waals surface area contributed by atoms with Crippen molar-refractivity contribution in [2.45, 2.75) is 17.9 Å². The molecule has 0 aromatic carbocycles. The Morgan fingerprint density at radius 3 is 2.60 bits per heavy atom. The highest BCUT2D eigenvalue weighted by molar-refractivity contribution is 6.29. The van der Waals surface area contributed by atoms with Crippen LogP contribution in [0.3, 0.4) is 0 Å². The topological polar surface area (TPSA) is 48.1 Å². The third-order valence-electron chi connectivity index (χ3n) is 2.53. The van der Waals surface area contributed by atoms with Crippen LogP contribution in [0.2, 0.25) is 5.15 Å². The summed E-state index contributed by atoms with van der Waals surface area (Å²) in [4.78, 5) is 3.79. The minimum absolute atomic E-state index is 0.0576. The van der Waals surface area contributed by atoms with Crippen LogP contribution in [-0.4, -0.2) is 18.0 Å². The fourth-order valence-corrected chi connectivity index (χ4v) is 1.65. The first kappa shape index (κ1) is 10.6. The highest BCUT2D eigenvalue weighted by Crippen LogP contribution is 2.59. The lowest BCUT2D eigenvalue weighted by Crippen LogP contribution is -2.28. The van der Waals surface area contributed by atoms with E-state index in [0.717, 1.165) is 0 Å². The van der Waals surface area contributed by atoms with Crippen molar-refractivity contribution in [3.8, 4) is 5.88 Å². The average molecular weight is 235 g/mol. The molecule has 0 saturated heterocycles. The number of pyridine rings is 1. The first-order valence-electron chi connectivity index (χ1n) is 4.28. The number of hydrogen-bond acceptors (Lipinski definition) is 3. The van der Waals surface area contributed by atoms with Gasteiger partial charge in [0.25, 0.3) is 5.92 Å². The highest BCUT2D eigenvalue weighted by Gasteiger charge is 2.71. The Balaban J connectivity index is 2.46. The number of ether oxygens (including phenoxy) is 1. The molecule has 1 fully saturated rings. The predicted molar refractivity (Wildman–Crippen MR) is 51.2 cm³/mol. The number of nitrogens with two attached hydrogens (primary N) is 1. The van der Waals surface area contributed by atoms with Crippen molar-refractivity contribution in [3.63, 3.8) is 0 Å². The Morgan fingerprint density at radius 2 is 2.13 bits per heavy atom. The molecule has 0 spiro atoms. The lowest BCUT2D eigenvalue weighted by atomic mass is 10.1. The van der Waals surface area contributed by atoms with E-state index in [1.807, 2.05) is 0 Å². The van der Waals surface area contributed by atoms with E-state index < -0.39 is 11.5 Å². The van der Waals surface area contributed by atoms with Crippen LogP contribution in [0.25, 0.3) is 0 Å². The molecule has 1 unspecified atom stereocenters. The van der Waals surface area contributed by atoms with Crippen molar-refractivity contribution in [2.75, 3.05) is 7.11 Å². The predicted octanol–water partition coefficient (Wildman–Crippen LogP) is 1.94. The second-order valence-corrected chi connectivity index (χ2v) is 3.93. The standard InChI is InChI=1S/C9H9ClF2N2O/c1-15-7-5(2-3-6(10)14-7)8(13)4-9(8,11)12/h2-3H,4,13H2,1H3. The first-order valence-corrected chi connectivity index (χ1v) is 4.66. The van der Waals surface area contributed by atoms with E-state index in [1.54, 1.807) is 0 Å². The van der Waals surface area contributed by atoms with Gasteiger partial charge in [0.2, 0.25) is 5.88 Å². The minimum atomic E-state index is -2.89. The summed E-state index contributed by atoms with van der Waals surface area (Å²) in [6.45, 7) is 0. The van der Waals surface area contributed by atoms with Crippen molar-refractivity contribution in [1.82, 2.24) is 4.98 Å². The zero-order valence-electron chi connectivity index (χ0n) is 7.93. The largest absolute Gasteiger partial charge is 0.481 e. The zero-order valence-corrected chi connectivity index (χ0v) is 8.68. The minimum Gasteiger partial charge on any atom is -0.481 e. The lowest BCUT2D eigenvalue weighted by molar-refractivity contribution is 0.0882. The molecule has 1 aromatic heterocycles. The molecule has 0 bridgehead atoms. The van der Waals surface area contributed by atoms with Crippen LogP contribution < -0.4 is 10.5 Å². The van der Waals surface area contributed by atoms with Crippen LogP contribution in [-0.2, 0) is 5.54 Å². The summed E-state index contributed by atoms with van der Waals surface area (Å²) in [5, 5.41) is 0.183. The number of halogens is 3. The molecule has 2 N–H and O–H groups in total. The summed E-state index contributed by atoms with van der Waals surface area (Å²) in [6.07, 6.45) is -0.389. The van der Waals surface area contributed by atoms with Gasteiger partial charge in [-0.2, -0.15) is 0 Å². The summed E-state index contributed by atoms with van der Waals surface area (Å²) in [5.41, 5.74) is 4.10. The van der Waals surface area contributed by atoms with Crippen LogP contribution in [0.5, 0.6) is 5.88 Å². The molecule has 1 heterocycles. The van der Waals surface area contributed by atoms with Gasteiger partial charge in [-0.25, -0.2) is 13.8 Å². The maximum Gasteiger partial charge on any atom is 0.272 e. The number of alkyl halides is 2. The van der Waals surface area contributed by atoms with Gasteiger partial charge in [0.1, 0.15) is 10.7 Å². The van der Waals surface area contributed by atoms with Gasteiger partial charge < -0.3 is 10.5 Å². The summed E-state index contributed by atoms with van der Waals surface area (Å²) in [6, 6.07) is 2.84. The van der Waals surface area contributed by atoms with Crippen molar-refractivity contribution >= 4 is 11.6 Å². The summed E-state index contributed by atoms with van der Waals surface area (Å²) in [7, 11) is 1.34. The maximum atomic E-state index is 13.0. The Bertz CT molecular complexity index is 413. The molecule has 0 amide bonds. The second-order valence-electron chi connectivity index (χ2n) is 3.54. The molecular weight excluding hydrogens is 226 g/mol. The van der Waals surface area contributed by atoms with E-state index in [9.17, 15) is 8.78 Å². The molecule has 1 atom stereocenters. The summed E-state index contributed by atoms with van der Waals surface area (Å²) in [5.74, 6) is -2.84. The molecule has 6 heteroatoms. The van der Waals surface area contributed by atoms with Gasteiger partial charge in [0.05, 0.1) is 7.11 Å². The van der Waals surface area contributed by atoms with E-state index in [1.165, 1.54) is 19.2 Å². The highest BCUT2D eigenvalue weighted by atomic mass is 35.5. The third-order valence-corrected chi connectivity index (χ3v) is 2.74. The van der Waals surface area contributed by atoms with Gasteiger partial charge in [0, 0.05) is 12.0 Å². The van der Waals surface area contributed by atoms with Crippen LogP contribution in [0, 0.1) is 0 Å². The number of aromatic nitrogens is 1. The zero-order chi connectivity index (χ0) is 11.3. The monoisotopic (exact) mass is 234 g/mol. The van der Waals surface area contributed by atoms with Crippen LogP contribution in [0.4, 0.5) is 8.78 Å². The SMILES string of the molecule is COc1nc(Cl)ccc1C1(N)CC1(F)F. The van der Waals surface area contributed by atoms with Gasteiger partial charge in [-0.1, -0.05) is 11.6 Å². The first-order chi connectivity index (χ1) is 6.90. The number of hydrogen-bond donors (Lipinski definition) is 1. The molecule has 82 valence electrons. The van der Waals surface area contributed by atoms with Gasteiger partial charge in [0.15, 0.2) is 0 Å². The van der Waals surface area contributed by atoms with Crippen LogP contribution in [0.15, 0.2) is 12.1 Å². The molecule has 0 radical (unpaired) electrons. The Labute approximate surface area is 90.2 Å². The molecule has 0 aliphatic heterocycles. The normalized spacial score (nSPS) is 27.5. The average Bonchev–Trinajstić information content (AvgIpc) is 2.66. The van der Waals surface area contributed by atoms with Gasteiger partial charge in [-0.3, -0.25) is 0 Å². The fraction of sp³-hybridized carbons (Fsp3) is 0.444. The Hall–Kier alpha value is -0.940. The van der Waals surface area contributed by atoms with Crippen molar-refractivity contribution in [3.05, 3.63) is 22.8 Å². The number of nitrogens with zero attached hydrogens (tertiary/aromatic N) is 1. The van der Waals surface area contributed by atoms with E-state index in [2.05, 4.69) is 4.98 Å². The lowest BCUT2D eigenvalue weighted by Gasteiger charge is -2.13. The van der Waals surface area contributed by atoms with Crippen LogP contribution >= 0.6 is 11.6 Å². The summed E-state index contributed by atoms with van der Waals surface area (Å²) < 4.78 is 31.0. The molecule has 1 saturated carbocycles.